The lowest BCUT2D eigenvalue weighted by molar-refractivity contribution is -0.161. The quantitative estimate of drug-likeness (QED) is 0.0146. The predicted molar refractivity (Wildman–Crippen MR) is 436 cm³/mol. The van der Waals surface area contributed by atoms with E-state index in [9.17, 15) is 43.5 Å². The zero-order chi connectivity index (χ0) is 76.6. The maximum atomic E-state index is 13.0. The Bertz CT molecular complexity index is 2340. The molecule has 105 heavy (non-hydrogen) atoms. The molecule has 4 N–H and O–H groups in total. The molecule has 0 rings (SSSR count). The number of allylic oxidation sites excluding steroid dienone is 18. The number of carbonyl (C=O) groups excluding carboxylic acids is 3. The highest BCUT2D eigenvalue weighted by Gasteiger charge is 2.29. The number of hydrogen-bond donors (Lipinski definition) is 4. The first-order chi connectivity index (χ1) is 51.2. The van der Waals surface area contributed by atoms with Gasteiger partial charge in [-0.1, -0.05) is 348 Å². The zero-order valence-corrected chi connectivity index (χ0v) is 68.4. The van der Waals surface area contributed by atoms with E-state index in [0.29, 0.717) is 19.3 Å². The van der Waals surface area contributed by atoms with Gasteiger partial charge in [-0.3, -0.25) is 32.5 Å². The minimum Gasteiger partial charge on any atom is -0.463 e. The summed E-state index contributed by atoms with van der Waals surface area (Å²) < 4.78 is 61.2. The van der Waals surface area contributed by atoms with Gasteiger partial charge in [0.25, 0.3) is 0 Å². The van der Waals surface area contributed by atoms with E-state index >= 15 is 0 Å². The van der Waals surface area contributed by atoms with Crippen LogP contribution in [0.15, 0.2) is 109 Å². The summed E-state index contributed by atoms with van der Waals surface area (Å²) in [6, 6.07) is 0. The number of aliphatic hydroxyl groups excluding tert-OH is 2. The SMILES string of the molecule is CC/C=C\C/C=C\C/C=C\C/C=C\C/C=C\CCCCCCCCCCCCCCCCCCCC(=O)OCC(O)COP(=O)(O)OCC(O)COP(=O)(O)OCC(COC(=O)CCCCCCC/C=C\C/C=C\C/C=C\C/C=C\CCCCC)OC(=O)CCCCCCCCCCCCCCCCC. The minimum atomic E-state index is -4.93. The number of hydrogen-bond acceptors (Lipinski definition) is 14. The highest BCUT2D eigenvalue weighted by Crippen LogP contribution is 2.45. The van der Waals surface area contributed by atoms with Crippen molar-refractivity contribution in [1.29, 1.82) is 0 Å². The van der Waals surface area contributed by atoms with Gasteiger partial charge in [-0.2, -0.15) is 0 Å². The Hall–Kier alpha value is -3.79. The number of carbonyl (C=O) groups is 3. The molecule has 0 heterocycles. The van der Waals surface area contributed by atoms with Crippen LogP contribution in [0, 0.1) is 0 Å². The molecular weight excluding hydrogens is 1360 g/mol. The molecule has 18 heteroatoms. The number of rotatable bonds is 80. The summed E-state index contributed by atoms with van der Waals surface area (Å²) in [4.78, 5) is 58.7. The summed E-state index contributed by atoms with van der Waals surface area (Å²) in [5.74, 6) is -1.58. The van der Waals surface area contributed by atoms with Crippen molar-refractivity contribution >= 4 is 33.6 Å². The van der Waals surface area contributed by atoms with Gasteiger partial charge < -0.3 is 34.2 Å². The van der Waals surface area contributed by atoms with Crippen LogP contribution in [0.1, 0.15) is 367 Å². The lowest BCUT2D eigenvalue weighted by Crippen LogP contribution is -2.30. The van der Waals surface area contributed by atoms with Crippen molar-refractivity contribution in [2.75, 3.05) is 39.6 Å². The van der Waals surface area contributed by atoms with Crippen molar-refractivity contribution in [3.63, 3.8) is 0 Å². The number of ether oxygens (including phenoxy) is 3. The van der Waals surface area contributed by atoms with E-state index in [1.165, 1.54) is 180 Å². The fourth-order valence-electron chi connectivity index (χ4n) is 11.6. The number of aliphatic hydroxyl groups is 2. The second-order valence-electron chi connectivity index (χ2n) is 28.3. The first kappa shape index (κ1) is 101. The number of phosphoric ester groups is 2. The molecule has 0 aromatic heterocycles. The van der Waals surface area contributed by atoms with Crippen LogP contribution in [-0.2, 0) is 55.8 Å². The first-order valence-corrected chi connectivity index (χ1v) is 45.2. The Morgan fingerprint density at radius 1 is 0.276 bits per heavy atom. The fraction of sp³-hybridized carbons (Fsp3) is 0.759. The van der Waals surface area contributed by atoms with Crippen LogP contribution in [0.2, 0.25) is 0 Å². The highest BCUT2D eigenvalue weighted by molar-refractivity contribution is 7.47. The van der Waals surface area contributed by atoms with Crippen molar-refractivity contribution in [3.05, 3.63) is 109 Å². The van der Waals surface area contributed by atoms with Crippen LogP contribution < -0.4 is 0 Å². The zero-order valence-electron chi connectivity index (χ0n) is 66.6. The maximum absolute atomic E-state index is 13.0. The lowest BCUT2D eigenvalue weighted by Gasteiger charge is -2.21. The molecule has 0 aliphatic heterocycles. The van der Waals surface area contributed by atoms with Gasteiger partial charge in [-0.15, -0.1) is 0 Å². The Morgan fingerprint density at radius 3 is 0.819 bits per heavy atom. The van der Waals surface area contributed by atoms with Crippen molar-refractivity contribution in [2.45, 2.75) is 386 Å². The van der Waals surface area contributed by atoms with Crippen molar-refractivity contribution in [3.8, 4) is 0 Å². The van der Waals surface area contributed by atoms with E-state index in [1.54, 1.807) is 0 Å². The predicted octanol–water partition coefficient (Wildman–Crippen LogP) is 25.1. The Kier molecular flexibility index (Phi) is 76.9. The van der Waals surface area contributed by atoms with Gasteiger partial charge >= 0.3 is 33.6 Å². The van der Waals surface area contributed by atoms with Gasteiger partial charge in [0, 0.05) is 19.3 Å². The van der Waals surface area contributed by atoms with Crippen LogP contribution in [0.5, 0.6) is 0 Å². The number of phosphoric acid groups is 2. The first-order valence-electron chi connectivity index (χ1n) is 42.2. The second kappa shape index (κ2) is 79.8. The minimum absolute atomic E-state index is 0.104. The molecule has 16 nitrogen and oxygen atoms in total. The van der Waals surface area contributed by atoms with Gasteiger partial charge in [-0.25, -0.2) is 9.13 Å². The molecule has 0 saturated heterocycles. The summed E-state index contributed by atoms with van der Waals surface area (Å²) in [6.07, 6.45) is 94.3. The highest BCUT2D eigenvalue weighted by atomic mass is 31.2. The van der Waals surface area contributed by atoms with Gasteiger partial charge in [0.1, 0.15) is 25.4 Å². The molecule has 0 radical (unpaired) electrons. The van der Waals surface area contributed by atoms with Crippen LogP contribution in [-0.4, -0.2) is 95.9 Å². The van der Waals surface area contributed by atoms with Crippen molar-refractivity contribution < 1.29 is 75.8 Å². The molecule has 608 valence electrons. The Labute approximate surface area is 640 Å². The summed E-state index contributed by atoms with van der Waals surface area (Å²) in [7, 11) is -9.79. The second-order valence-corrected chi connectivity index (χ2v) is 31.2. The van der Waals surface area contributed by atoms with E-state index in [0.717, 1.165) is 128 Å². The molecule has 0 aliphatic rings. The normalized spacial score (nSPS) is 14.5. The maximum Gasteiger partial charge on any atom is 0.472 e. The molecular formula is C87H154O16P2. The Morgan fingerprint density at radius 2 is 0.505 bits per heavy atom. The number of unbranched alkanes of at least 4 members (excludes halogenated alkanes) is 39. The van der Waals surface area contributed by atoms with Crippen molar-refractivity contribution in [1.82, 2.24) is 0 Å². The molecule has 0 aliphatic carbocycles. The molecule has 0 spiro atoms. The van der Waals surface area contributed by atoms with Gasteiger partial charge in [0.2, 0.25) is 0 Å². The molecule has 0 amide bonds. The van der Waals surface area contributed by atoms with Crippen molar-refractivity contribution in [2.24, 2.45) is 0 Å². The van der Waals surface area contributed by atoms with E-state index < -0.39 is 91.5 Å². The summed E-state index contributed by atoms with van der Waals surface area (Å²) in [5, 5.41) is 20.7. The van der Waals surface area contributed by atoms with Gasteiger partial charge in [-0.05, 0) is 109 Å². The average Bonchev–Trinajstić information content (AvgIpc) is 0.940. The molecule has 0 saturated carbocycles. The molecule has 5 unspecified atom stereocenters. The van der Waals surface area contributed by atoms with E-state index in [1.807, 2.05) is 0 Å². The monoisotopic (exact) mass is 1520 g/mol. The molecule has 0 fully saturated rings. The van der Waals surface area contributed by atoms with Crippen LogP contribution in [0.4, 0.5) is 0 Å². The molecule has 0 bridgehead atoms. The molecule has 5 atom stereocenters. The third kappa shape index (κ3) is 81.0. The van der Waals surface area contributed by atoms with Crippen LogP contribution >= 0.6 is 15.6 Å². The summed E-state index contributed by atoms with van der Waals surface area (Å²) in [6.45, 7) is 2.57. The van der Waals surface area contributed by atoms with E-state index in [-0.39, 0.29) is 19.3 Å². The van der Waals surface area contributed by atoms with Gasteiger partial charge in [0.15, 0.2) is 6.10 Å². The van der Waals surface area contributed by atoms with Gasteiger partial charge in [0.05, 0.1) is 26.4 Å². The fourth-order valence-corrected chi connectivity index (χ4v) is 13.2. The Balaban J connectivity index is 4.45. The van der Waals surface area contributed by atoms with E-state index in [2.05, 4.69) is 130 Å². The average molecular weight is 1520 g/mol. The summed E-state index contributed by atoms with van der Waals surface area (Å²) in [5.41, 5.74) is 0. The topological polar surface area (TPSA) is 231 Å². The summed E-state index contributed by atoms with van der Waals surface area (Å²) >= 11 is 0. The third-order valence-corrected chi connectivity index (χ3v) is 19.9. The molecule has 0 aromatic carbocycles. The standard InChI is InChI=1S/C87H154O16P2/c1-4-7-10-13-16-19-22-25-28-30-32-34-35-36-37-38-39-40-41-42-43-44-45-47-49-50-53-55-58-61-64-67-70-73-85(90)97-76-82(88)77-99-104(93,94)100-78-83(89)79-101-105(95,96)102-81-84(103-87(92)75-72-69-66-63-60-57-52-27-24-21-18-15-12-9-6-3)80-98-86(91)74-71-68-65-62-59-56-54-51-48-46-33-31-29-26-23-20-17-14-11-8-5-2/h7,10,16-17,19-20,25-26,28-29,32-34,36-37,46,51,54,82-84,88-89H,4-6,8-9,11-15,18,21-24,27,30-31,35,38-45,47-50,52-53,55-81H2,1-3H3,(H,93,94)(H,95,96)/b10-7-,19-16-,20-17-,28-25-,29-26-,34-32-,37-36-,46-33-,54-51-. The smallest absolute Gasteiger partial charge is 0.463 e. The number of esters is 3. The van der Waals surface area contributed by atoms with Crippen LogP contribution in [0.3, 0.4) is 0 Å². The van der Waals surface area contributed by atoms with Crippen LogP contribution in [0.25, 0.3) is 0 Å². The third-order valence-electron chi connectivity index (χ3n) is 18.0. The largest absolute Gasteiger partial charge is 0.472 e. The van der Waals surface area contributed by atoms with E-state index in [4.69, 9.17) is 32.3 Å². The lowest BCUT2D eigenvalue weighted by atomic mass is 10.0. The molecule has 0 aromatic rings.